The summed E-state index contributed by atoms with van der Waals surface area (Å²) in [5.74, 6) is 0.801. The molecule has 1 aromatic rings. The van der Waals surface area contributed by atoms with Crippen LogP contribution in [0.25, 0.3) is 0 Å². The SMILES string of the molecule is CCOC(=O)C1CCN(C(=NC)NCCCS(=O)(=O)Cc2ccccc2)CC1. The molecule has 0 aliphatic carbocycles. The van der Waals surface area contributed by atoms with E-state index < -0.39 is 9.84 Å². The first-order valence-electron chi connectivity index (χ1n) is 9.81. The van der Waals surface area contributed by atoms with Crippen molar-refractivity contribution in [1.29, 1.82) is 0 Å². The number of ether oxygens (including phenoxy) is 1. The van der Waals surface area contributed by atoms with Gasteiger partial charge in [-0.1, -0.05) is 30.3 Å². The quantitative estimate of drug-likeness (QED) is 0.305. The molecular formula is C20H31N3O4S. The largest absolute Gasteiger partial charge is 0.466 e. The number of nitrogens with zero attached hydrogens (tertiary/aromatic N) is 2. The number of aliphatic imine (C=N–C) groups is 1. The fourth-order valence-electron chi connectivity index (χ4n) is 3.31. The molecule has 1 aliphatic rings. The number of nitrogens with one attached hydrogen (secondary N) is 1. The summed E-state index contributed by atoms with van der Waals surface area (Å²) in [6.45, 7) is 4.23. The molecule has 0 radical (unpaired) electrons. The van der Waals surface area contributed by atoms with Gasteiger partial charge in [0, 0.05) is 26.7 Å². The highest BCUT2D eigenvalue weighted by Crippen LogP contribution is 2.18. The van der Waals surface area contributed by atoms with Gasteiger partial charge in [0.25, 0.3) is 0 Å². The van der Waals surface area contributed by atoms with E-state index in [1.54, 1.807) is 7.05 Å². The van der Waals surface area contributed by atoms with Gasteiger partial charge in [0.15, 0.2) is 15.8 Å². The topological polar surface area (TPSA) is 88.1 Å². The van der Waals surface area contributed by atoms with Crippen molar-refractivity contribution in [3.8, 4) is 0 Å². The summed E-state index contributed by atoms with van der Waals surface area (Å²) >= 11 is 0. The highest BCUT2D eigenvalue weighted by Gasteiger charge is 2.27. The second-order valence-corrected chi connectivity index (χ2v) is 9.10. The predicted octanol–water partition coefficient (Wildman–Crippen LogP) is 1.84. The minimum absolute atomic E-state index is 0.0440. The van der Waals surface area contributed by atoms with Gasteiger partial charge in [0.2, 0.25) is 0 Å². The lowest BCUT2D eigenvalue weighted by atomic mass is 9.97. The third-order valence-electron chi connectivity index (χ3n) is 4.77. The molecule has 28 heavy (non-hydrogen) atoms. The van der Waals surface area contributed by atoms with Crippen LogP contribution in [-0.2, 0) is 25.1 Å². The van der Waals surface area contributed by atoms with Crippen LogP contribution in [0.1, 0.15) is 31.7 Å². The number of sulfone groups is 1. The van der Waals surface area contributed by atoms with Crippen molar-refractivity contribution in [2.24, 2.45) is 10.9 Å². The number of carbonyl (C=O) groups excluding carboxylic acids is 1. The Bertz CT molecular complexity index is 742. The second-order valence-electron chi connectivity index (χ2n) is 6.92. The fraction of sp³-hybridized carbons (Fsp3) is 0.600. The maximum Gasteiger partial charge on any atom is 0.309 e. The molecule has 0 aromatic heterocycles. The Hall–Kier alpha value is -2.09. The Labute approximate surface area is 168 Å². The standard InChI is InChI=1S/C20H31N3O4S/c1-3-27-19(24)18-10-13-23(14-11-18)20(21-2)22-12-7-15-28(25,26)16-17-8-5-4-6-9-17/h4-6,8-9,18H,3,7,10-16H2,1-2H3,(H,21,22). The van der Waals surface area contributed by atoms with E-state index >= 15 is 0 Å². The molecule has 2 rings (SSSR count). The molecule has 1 N–H and O–H groups in total. The molecule has 0 unspecified atom stereocenters. The number of guanidine groups is 1. The maximum absolute atomic E-state index is 12.3. The number of carbonyl (C=O) groups is 1. The summed E-state index contributed by atoms with van der Waals surface area (Å²) in [6, 6.07) is 9.24. The van der Waals surface area contributed by atoms with E-state index in [1.807, 2.05) is 37.3 Å². The Balaban J connectivity index is 1.72. The Morgan fingerprint density at radius 2 is 1.93 bits per heavy atom. The van der Waals surface area contributed by atoms with E-state index in [4.69, 9.17) is 4.74 Å². The Morgan fingerprint density at radius 3 is 2.54 bits per heavy atom. The minimum Gasteiger partial charge on any atom is -0.466 e. The van der Waals surface area contributed by atoms with Crippen molar-refractivity contribution in [2.75, 3.05) is 39.0 Å². The van der Waals surface area contributed by atoms with Gasteiger partial charge in [0.05, 0.1) is 24.0 Å². The van der Waals surface area contributed by atoms with Crippen molar-refractivity contribution in [3.05, 3.63) is 35.9 Å². The Morgan fingerprint density at radius 1 is 1.25 bits per heavy atom. The summed E-state index contributed by atoms with van der Waals surface area (Å²) in [6.07, 6.45) is 2.00. The molecule has 7 nitrogen and oxygen atoms in total. The van der Waals surface area contributed by atoms with Crippen molar-refractivity contribution >= 4 is 21.8 Å². The molecular weight excluding hydrogens is 378 g/mol. The van der Waals surface area contributed by atoms with Gasteiger partial charge in [-0.15, -0.1) is 0 Å². The number of likely N-dealkylation sites (tertiary alicyclic amines) is 1. The molecule has 0 amide bonds. The summed E-state index contributed by atoms with van der Waals surface area (Å²) in [7, 11) is -1.42. The summed E-state index contributed by atoms with van der Waals surface area (Å²) in [5.41, 5.74) is 0.815. The molecule has 0 atom stereocenters. The zero-order valence-corrected chi connectivity index (χ0v) is 17.6. The van der Waals surface area contributed by atoms with Crippen LogP contribution in [-0.4, -0.2) is 64.3 Å². The number of hydrogen-bond donors (Lipinski definition) is 1. The van der Waals surface area contributed by atoms with Gasteiger partial charge in [0.1, 0.15) is 0 Å². The van der Waals surface area contributed by atoms with Crippen LogP contribution in [0.3, 0.4) is 0 Å². The van der Waals surface area contributed by atoms with Crippen molar-refractivity contribution in [3.63, 3.8) is 0 Å². The van der Waals surface area contributed by atoms with Crippen LogP contribution in [0.5, 0.6) is 0 Å². The molecule has 156 valence electrons. The number of piperidine rings is 1. The molecule has 0 spiro atoms. The highest BCUT2D eigenvalue weighted by atomic mass is 32.2. The predicted molar refractivity (Wildman–Crippen MR) is 111 cm³/mol. The van der Waals surface area contributed by atoms with Gasteiger partial charge < -0.3 is 15.0 Å². The van der Waals surface area contributed by atoms with E-state index in [0.29, 0.717) is 19.6 Å². The van der Waals surface area contributed by atoms with Crippen molar-refractivity contribution in [2.45, 2.75) is 31.9 Å². The lowest BCUT2D eigenvalue weighted by Gasteiger charge is -2.33. The van der Waals surface area contributed by atoms with E-state index in [-0.39, 0.29) is 23.4 Å². The zero-order chi connectivity index (χ0) is 20.4. The average molecular weight is 410 g/mol. The van der Waals surface area contributed by atoms with E-state index in [9.17, 15) is 13.2 Å². The summed E-state index contributed by atoms with van der Waals surface area (Å²) in [5, 5.41) is 3.24. The summed E-state index contributed by atoms with van der Waals surface area (Å²) in [4.78, 5) is 18.2. The van der Waals surface area contributed by atoms with Crippen molar-refractivity contribution < 1.29 is 17.9 Å². The van der Waals surface area contributed by atoms with E-state index in [0.717, 1.165) is 37.5 Å². The smallest absolute Gasteiger partial charge is 0.309 e. The van der Waals surface area contributed by atoms with Gasteiger partial charge in [-0.05, 0) is 31.7 Å². The normalized spacial score (nSPS) is 16.1. The van der Waals surface area contributed by atoms with Gasteiger partial charge in [-0.3, -0.25) is 9.79 Å². The average Bonchev–Trinajstić information content (AvgIpc) is 2.69. The summed E-state index contributed by atoms with van der Waals surface area (Å²) < 4.78 is 29.6. The second kappa shape index (κ2) is 11.0. The van der Waals surface area contributed by atoms with Crippen LogP contribution >= 0.6 is 0 Å². The number of benzene rings is 1. The highest BCUT2D eigenvalue weighted by molar-refractivity contribution is 7.90. The molecule has 1 heterocycles. The van der Waals surface area contributed by atoms with Crippen molar-refractivity contribution in [1.82, 2.24) is 10.2 Å². The zero-order valence-electron chi connectivity index (χ0n) is 16.8. The molecule has 1 saturated heterocycles. The minimum atomic E-state index is -3.13. The maximum atomic E-state index is 12.3. The van der Waals surface area contributed by atoms with Crippen LogP contribution < -0.4 is 5.32 Å². The monoisotopic (exact) mass is 409 g/mol. The van der Waals surface area contributed by atoms with Crippen LogP contribution in [0.4, 0.5) is 0 Å². The van der Waals surface area contributed by atoms with Gasteiger partial charge in [-0.25, -0.2) is 8.42 Å². The van der Waals surface area contributed by atoms with Crippen LogP contribution in [0.15, 0.2) is 35.3 Å². The third-order valence-corrected chi connectivity index (χ3v) is 6.45. The van der Waals surface area contributed by atoms with E-state index in [2.05, 4.69) is 15.2 Å². The van der Waals surface area contributed by atoms with Crippen LogP contribution in [0, 0.1) is 5.92 Å². The van der Waals surface area contributed by atoms with Crippen LogP contribution in [0.2, 0.25) is 0 Å². The number of hydrogen-bond acceptors (Lipinski definition) is 5. The number of rotatable bonds is 8. The van der Waals surface area contributed by atoms with E-state index in [1.165, 1.54) is 0 Å². The fourth-order valence-corrected chi connectivity index (χ4v) is 4.74. The molecule has 1 aliphatic heterocycles. The number of esters is 1. The van der Waals surface area contributed by atoms with Gasteiger partial charge >= 0.3 is 5.97 Å². The molecule has 0 bridgehead atoms. The first-order valence-corrected chi connectivity index (χ1v) is 11.6. The van der Waals surface area contributed by atoms with Gasteiger partial charge in [-0.2, -0.15) is 0 Å². The first-order chi connectivity index (χ1) is 13.4. The molecule has 8 heteroatoms. The Kier molecular flexibility index (Phi) is 8.76. The lowest BCUT2D eigenvalue weighted by molar-refractivity contribution is -0.149. The lowest BCUT2D eigenvalue weighted by Crippen LogP contribution is -2.47. The first kappa shape index (κ1) is 22.2. The third kappa shape index (κ3) is 7.14. The molecule has 1 aromatic carbocycles. The molecule has 0 saturated carbocycles. The molecule has 1 fully saturated rings.